The number of primary amides is 1. The van der Waals surface area contributed by atoms with E-state index in [-0.39, 0.29) is 37.8 Å². The molecule has 0 aromatic carbocycles. The predicted molar refractivity (Wildman–Crippen MR) is 199 cm³/mol. The van der Waals surface area contributed by atoms with Gasteiger partial charge in [-0.1, -0.05) is 46.5 Å². The van der Waals surface area contributed by atoms with Gasteiger partial charge < -0.3 is 30.7 Å². The van der Waals surface area contributed by atoms with Crippen LogP contribution in [0.5, 0.6) is 0 Å². The van der Waals surface area contributed by atoms with Crippen LogP contribution in [0.2, 0.25) is 0 Å². The van der Waals surface area contributed by atoms with Gasteiger partial charge in [0.25, 0.3) is 10.1 Å². The second kappa shape index (κ2) is 21.8. The number of esters is 1. The minimum Gasteiger partial charge on any atom is -0.481 e. The van der Waals surface area contributed by atoms with Crippen LogP contribution in [0.15, 0.2) is 0 Å². The van der Waals surface area contributed by atoms with E-state index in [1.807, 2.05) is 0 Å². The topological polar surface area (TPSA) is 219 Å². The Labute approximate surface area is 312 Å². The third-order valence-electron chi connectivity index (χ3n) is 10.5. The molecule has 0 saturated heterocycles. The summed E-state index contributed by atoms with van der Waals surface area (Å²) >= 11 is 0. The van der Waals surface area contributed by atoms with Crippen molar-refractivity contribution >= 4 is 39.8 Å². The number of amides is 3. The molecule has 1 rings (SSSR count). The molecular weight excluding hydrogens is 692 g/mol. The Bertz CT molecular complexity index is 1290. The Balaban J connectivity index is 3.24. The van der Waals surface area contributed by atoms with Gasteiger partial charge in [-0.15, -0.1) is 0 Å². The molecule has 0 aromatic heterocycles. The molecule has 52 heavy (non-hydrogen) atoms. The highest BCUT2D eigenvalue weighted by Crippen LogP contribution is 2.44. The number of rotatable bonds is 26. The minimum absolute atomic E-state index is 0.00379. The van der Waals surface area contributed by atoms with Gasteiger partial charge in [0.05, 0.1) is 43.8 Å². The Morgan fingerprint density at radius 1 is 0.962 bits per heavy atom. The summed E-state index contributed by atoms with van der Waals surface area (Å²) in [6.45, 7) is 11.7. The largest absolute Gasteiger partial charge is 0.481 e. The maximum atomic E-state index is 13.9. The molecule has 14 nitrogen and oxygen atoms in total. The molecule has 3 amide bonds. The Morgan fingerprint density at radius 3 is 2.12 bits per heavy atom. The van der Waals surface area contributed by atoms with Crippen LogP contribution in [0, 0.1) is 35.5 Å². The molecule has 302 valence electrons. The van der Waals surface area contributed by atoms with Gasteiger partial charge in [0.1, 0.15) is 13.2 Å². The third kappa shape index (κ3) is 18.3. The lowest BCUT2D eigenvalue weighted by Crippen LogP contribution is -2.51. The van der Waals surface area contributed by atoms with Crippen molar-refractivity contribution in [2.75, 3.05) is 39.5 Å². The summed E-state index contributed by atoms with van der Waals surface area (Å²) in [5.74, 6) is -7.98. The molecule has 0 aromatic rings. The summed E-state index contributed by atoms with van der Waals surface area (Å²) in [6.07, 6.45) is 8.34. The zero-order valence-electron chi connectivity index (χ0n) is 32.9. The van der Waals surface area contributed by atoms with Crippen molar-refractivity contribution in [3.63, 3.8) is 0 Å². The quantitative estimate of drug-likeness (QED) is 0.0370. The maximum absolute atomic E-state index is 13.9. The fourth-order valence-electron chi connectivity index (χ4n) is 7.67. The van der Waals surface area contributed by atoms with Crippen LogP contribution in [0.25, 0.3) is 0 Å². The number of carbonyl (C=O) groups is 5. The first-order valence-electron chi connectivity index (χ1n) is 19.1. The molecule has 6 N–H and O–H groups in total. The fourth-order valence-corrected chi connectivity index (χ4v) is 8.65. The molecule has 1 aliphatic rings. The lowest BCUT2D eigenvalue weighted by molar-refractivity contribution is -0.890. The van der Waals surface area contributed by atoms with Gasteiger partial charge in [0.2, 0.25) is 17.7 Å². The van der Waals surface area contributed by atoms with E-state index in [0.29, 0.717) is 30.3 Å². The van der Waals surface area contributed by atoms with Crippen molar-refractivity contribution in [1.82, 2.24) is 10.6 Å². The number of hydrogen-bond donors (Lipinski definition) is 5. The zero-order chi connectivity index (χ0) is 39.9. The molecule has 0 bridgehead atoms. The van der Waals surface area contributed by atoms with Gasteiger partial charge in [-0.2, -0.15) is 8.42 Å². The van der Waals surface area contributed by atoms with Crippen LogP contribution < -0.4 is 16.4 Å². The number of quaternary nitrogens is 1. The summed E-state index contributed by atoms with van der Waals surface area (Å²) in [5.41, 5.74) is 4.22. The lowest BCUT2D eigenvalue weighted by Gasteiger charge is -2.32. The molecular formula is C37H69N4O10S+. The highest BCUT2D eigenvalue weighted by atomic mass is 32.2. The SMILES string of the molecule is CCCCCCCC[N+](C)(C)CCOC(=O)C(C)CC(CC1CC(NC(C)=O)CC1C(CC(CC)C(N)=O)C(=O)O)C(=O)NC(C)(C)CS(=O)(=O)O. The van der Waals surface area contributed by atoms with Crippen LogP contribution in [-0.2, 0) is 38.8 Å². The molecule has 0 aliphatic heterocycles. The molecule has 1 aliphatic carbocycles. The van der Waals surface area contributed by atoms with E-state index in [1.54, 1.807) is 13.8 Å². The molecule has 0 spiro atoms. The second-order valence-electron chi connectivity index (χ2n) is 16.5. The van der Waals surface area contributed by atoms with E-state index in [1.165, 1.54) is 46.5 Å². The number of hydrogen-bond acceptors (Lipinski definition) is 8. The molecule has 0 heterocycles. The van der Waals surface area contributed by atoms with Crippen LogP contribution in [-0.4, -0.2) is 103 Å². The Kier molecular flexibility index (Phi) is 19.8. The van der Waals surface area contributed by atoms with E-state index >= 15 is 0 Å². The van der Waals surface area contributed by atoms with E-state index < -0.39 is 80.7 Å². The van der Waals surface area contributed by atoms with Gasteiger partial charge in [0, 0.05) is 24.8 Å². The first-order chi connectivity index (χ1) is 24.0. The molecule has 1 saturated carbocycles. The van der Waals surface area contributed by atoms with Crippen molar-refractivity contribution < 1.29 is 51.3 Å². The van der Waals surface area contributed by atoms with E-state index in [0.717, 1.165) is 19.4 Å². The number of aliphatic carboxylic acids is 1. The predicted octanol–water partition coefficient (Wildman–Crippen LogP) is 3.91. The van der Waals surface area contributed by atoms with Gasteiger partial charge in [-0.3, -0.25) is 28.5 Å². The Morgan fingerprint density at radius 2 is 1.58 bits per heavy atom. The van der Waals surface area contributed by atoms with Crippen molar-refractivity contribution in [3.05, 3.63) is 0 Å². The molecule has 15 heteroatoms. The van der Waals surface area contributed by atoms with Crippen LogP contribution in [0.3, 0.4) is 0 Å². The summed E-state index contributed by atoms with van der Waals surface area (Å²) < 4.78 is 39.3. The van der Waals surface area contributed by atoms with E-state index in [4.69, 9.17) is 10.5 Å². The average molecular weight is 762 g/mol. The number of nitrogens with one attached hydrogen (secondary N) is 2. The van der Waals surface area contributed by atoms with Crippen molar-refractivity contribution in [2.24, 2.45) is 41.2 Å². The minimum atomic E-state index is -4.45. The number of likely N-dealkylation sites (N-methyl/N-ethyl adjacent to an activating group) is 1. The van der Waals surface area contributed by atoms with Gasteiger partial charge in [0.15, 0.2) is 0 Å². The summed E-state index contributed by atoms with van der Waals surface area (Å²) in [7, 11) is -0.253. The highest BCUT2D eigenvalue weighted by Gasteiger charge is 2.45. The first-order valence-corrected chi connectivity index (χ1v) is 20.7. The van der Waals surface area contributed by atoms with Gasteiger partial charge >= 0.3 is 11.9 Å². The maximum Gasteiger partial charge on any atom is 0.308 e. The number of nitrogens with two attached hydrogens (primary N) is 1. The number of carbonyl (C=O) groups excluding carboxylic acids is 4. The average Bonchev–Trinajstić information content (AvgIpc) is 3.37. The lowest BCUT2D eigenvalue weighted by atomic mass is 9.74. The highest BCUT2D eigenvalue weighted by molar-refractivity contribution is 7.85. The zero-order valence-corrected chi connectivity index (χ0v) is 33.8. The summed E-state index contributed by atoms with van der Waals surface area (Å²) in [5, 5.41) is 15.9. The van der Waals surface area contributed by atoms with Crippen molar-refractivity contribution in [3.8, 4) is 0 Å². The molecule has 0 radical (unpaired) electrons. The first kappa shape index (κ1) is 47.2. The van der Waals surface area contributed by atoms with Gasteiger partial charge in [-0.05, 0) is 77.0 Å². The number of unbranched alkanes of at least 4 members (excludes halogenated alkanes) is 5. The Hall–Kier alpha value is -2.78. The van der Waals surface area contributed by atoms with Gasteiger partial charge in [-0.25, -0.2) is 0 Å². The van der Waals surface area contributed by atoms with Crippen molar-refractivity contribution in [2.45, 2.75) is 130 Å². The van der Waals surface area contributed by atoms with Crippen LogP contribution in [0.1, 0.15) is 119 Å². The molecule has 7 unspecified atom stereocenters. The molecule has 1 fully saturated rings. The standard InChI is InChI=1S/C37H68N4O10S/c1-9-11-12-13-14-15-16-41(7,8)17-18-51-36(47)25(3)19-29(34(44)40-37(5,6)24-52(48,49)50)20-28-21-30(39-26(4)42)23-31(28)32(35(45)46)22-27(10-2)33(38)43/h25,27-32H,9-24H2,1-8H3,(H5-,38,39,40,42,43,44,45,46,48,49,50)/p+1. The van der Waals surface area contributed by atoms with Crippen molar-refractivity contribution in [1.29, 1.82) is 0 Å². The number of carboxylic acids is 1. The van der Waals surface area contributed by atoms with E-state index in [2.05, 4.69) is 31.7 Å². The monoisotopic (exact) mass is 761 g/mol. The summed E-state index contributed by atoms with van der Waals surface area (Å²) in [4.78, 5) is 64.0. The number of nitrogens with zero attached hydrogens (tertiary/aromatic N) is 1. The second-order valence-corrected chi connectivity index (χ2v) is 17.9. The fraction of sp³-hybridized carbons (Fsp3) is 0.865. The molecule has 7 atom stereocenters. The number of carboxylic acid groups (broad SMARTS) is 1. The smallest absolute Gasteiger partial charge is 0.308 e. The van der Waals surface area contributed by atoms with Crippen LogP contribution >= 0.6 is 0 Å². The third-order valence-corrected chi connectivity index (χ3v) is 11.6. The van der Waals surface area contributed by atoms with E-state index in [9.17, 15) is 42.0 Å². The van der Waals surface area contributed by atoms with Crippen LogP contribution in [0.4, 0.5) is 0 Å². The normalized spacial score (nSPS) is 20.4. The number of ether oxygens (including phenoxy) is 1. The summed E-state index contributed by atoms with van der Waals surface area (Å²) in [6, 6.07) is -0.372.